The summed E-state index contributed by atoms with van der Waals surface area (Å²) in [6.07, 6.45) is -9.30. The number of esters is 2. The van der Waals surface area contributed by atoms with Crippen LogP contribution in [0.4, 0.5) is 26.3 Å². The normalized spacial score (nSPS) is 21.7. The molecule has 0 bridgehead atoms. The average molecular weight is 673 g/mol. The Hall–Kier alpha value is -4.01. The van der Waals surface area contributed by atoms with E-state index < -0.39 is 76.1 Å². The molecule has 0 aromatic heterocycles. The third-order valence-electron chi connectivity index (χ3n) is 8.08. The van der Waals surface area contributed by atoms with Crippen LogP contribution in [0.15, 0.2) is 84.5 Å². The molecule has 256 valence electrons. The molecule has 14 heteroatoms. The van der Waals surface area contributed by atoms with Crippen LogP contribution in [0.1, 0.15) is 38.3 Å². The summed E-state index contributed by atoms with van der Waals surface area (Å²) >= 11 is 0. The lowest BCUT2D eigenvalue weighted by atomic mass is 9.64. The largest absolute Gasteiger partial charge is 0.458 e. The summed E-state index contributed by atoms with van der Waals surface area (Å²) < 4.78 is 105. The number of carbonyl (C=O) groups is 3. The fourth-order valence-electron chi connectivity index (χ4n) is 5.43. The minimum atomic E-state index is -5.29. The molecule has 2 aromatic carbocycles. The van der Waals surface area contributed by atoms with Crippen LogP contribution in [0.5, 0.6) is 0 Å². The highest BCUT2D eigenvalue weighted by atomic mass is 19.4. The quantitative estimate of drug-likeness (QED) is 0.179. The minimum Gasteiger partial charge on any atom is -0.458 e. The maximum Gasteiger partial charge on any atom is 0.432 e. The molecule has 3 rings (SSSR count). The first-order valence-corrected chi connectivity index (χ1v) is 14.1. The second-order valence-corrected chi connectivity index (χ2v) is 11.5. The number of alkyl halides is 6. The van der Waals surface area contributed by atoms with Gasteiger partial charge in [-0.05, 0) is 25.2 Å². The zero-order chi connectivity index (χ0) is 35.5. The standard InChI is InChI=1S/C33H34F6O8/c1-21(47-27(42)31(45-5,33(37,38)39)23-14-10-7-11-15-23)16-17-29(43)24(18-25(40)19-28(29,2)3)20-46-26(41)30(44-4,32(34,35)36)22-12-8-6-9-13-22/h6-18,21,43H,19-20H2,1-5H3/t21-,29-,30-,31-/m1/s1. The summed E-state index contributed by atoms with van der Waals surface area (Å²) in [6, 6.07) is 12.0. The van der Waals surface area contributed by atoms with Gasteiger partial charge in [0.1, 0.15) is 18.3 Å². The SMILES string of the molecule is CO[C@@](C(=O)OCC1=CC(=O)CC(C)(C)[C@@]1(O)C=C[C@@H](C)OC(=O)[C@](OC)(c1ccccc1)C(F)(F)F)(c1ccccc1)C(F)(F)F. The molecule has 0 aliphatic heterocycles. The zero-order valence-corrected chi connectivity index (χ0v) is 26.1. The first-order valence-electron chi connectivity index (χ1n) is 14.1. The molecule has 4 atom stereocenters. The molecule has 0 amide bonds. The molecule has 0 saturated carbocycles. The molecule has 0 radical (unpaired) electrons. The molecule has 0 heterocycles. The average Bonchev–Trinajstić information content (AvgIpc) is 2.98. The molecule has 0 saturated heterocycles. The third-order valence-corrected chi connectivity index (χ3v) is 8.08. The predicted molar refractivity (Wildman–Crippen MR) is 154 cm³/mol. The topological polar surface area (TPSA) is 108 Å². The molecule has 8 nitrogen and oxygen atoms in total. The van der Waals surface area contributed by atoms with Crippen molar-refractivity contribution in [2.75, 3.05) is 20.8 Å². The lowest BCUT2D eigenvalue weighted by Crippen LogP contribution is -2.53. The molecular formula is C33H34F6O8. The van der Waals surface area contributed by atoms with E-state index in [0.29, 0.717) is 14.2 Å². The summed E-state index contributed by atoms with van der Waals surface area (Å²) in [5.74, 6) is -4.24. The van der Waals surface area contributed by atoms with Crippen molar-refractivity contribution in [3.05, 3.63) is 95.6 Å². The van der Waals surface area contributed by atoms with Gasteiger partial charge in [-0.1, -0.05) is 74.5 Å². The number of rotatable bonds is 11. The van der Waals surface area contributed by atoms with Crippen molar-refractivity contribution in [2.45, 2.75) is 62.5 Å². The van der Waals surface area contributed by atoms with Crippen LogP contribution in [-0.4, -0.2) is 67.7 Å². The van der Waals surface area contributed by atoms with Crippen LogP contribution < -0.4 is 0 Å². The Labute approximate surface area is 266 Å². The zero-order valence-electron chi connectivity index (χ0n) is 26.1. The van der Waals surface area contributed by atoms with E-state index in [-0.39, 0.29) is 12.0 Å². The number of allylic oxidation sites excluding steroid dienone is 1. The fraction of sp³-hybridized carbons (Fsp3) is 0.424. The highest BCUT2D eigenvalue weighted by Crippen LogP contribution is 2.47. The van der Waals surface area contributed by atoms with Crippen LogP contribution in [0, 0.1) is 5.41 Å². The van der Waals surface area contributed by atoms with Crippen molar-refractivity contribution < 1.29 is 64.8 Å². The van der Waals surface area contributed by atoms with Crippen molar-refractivity contribution in [2.24, 2.45) is 5.41 Å². The van der Waals surface area contributed by atoms with Crippen LogP contribution in [0.25, 0.3) is 0 Å². The fourth-order valence-corrected chi connectivity index (χ4v) is 5.43. The number of hydrogen-bond donors (Lipinski definition) is 1. The number of ether oxygens (including phenoxy) is 4. The Morgan fingerprint density at radius 1 is 0.851 bits per heavy atom. The lowest BCUT2D eigenvalue weighted by molar-refractivity contribution is -0.277. The van der Waals surface area contributed by atoms with Crippen LogP contribution >= 0.6 is 0 Å². The second-order valence-electron chi connectivity index (χ2n) is 11.5. The number of methoxy groups -OCH3 is 2. The van der Waals surface area contributed by atoms with E-state index in [1.54, 1.807) is 0 Å². The number of halogens is 6. The highest BCUT2D eigenvalue weighted by molar-refractivity contribution is 5.93. The predicted octanol–water partition coefficient (Wildman–Crippen LogP) is 5.88. The Kier molecular flexibility index (Phi) is 10.8. The molecule has 1 aliphatic rings. The molecular weight excluding hydrogens is 638 g/mol. The highest BCUT2D eigenvalue weighted by Gasteiger charge is 2.65. The Bertz CT molecular complexity index is 1500. The van der Waals surface area contributed by atoms with Crippen LogP contribution in [0.3, 0.4) is 0 Å². The van der Waals surface area contributed by atoms with Crippen molar-refractivity contribution in [3.8, 4) is 0 Å². The van der Waals surface area contributed by atoms with E-state index in [0.717, 1.165) is 42.5 Å². The van der Waals surface area contributed by atoms with Gasteiger partial charge in [0.05, 0.1) is 0 Å². The Morgan fingerprint density at radius 3 is 1.72 bits per heavy atom. The van der Waals surface area contributed by atoms with Crippen molar-refractivity contribution in [1.82, 2.24) is 0 Å². The first-order chi connectivity index (χ1) is 21.7. The Balaban J connectivity index is 1.94. The molecule has 1 N–H and O–H groups in total. The number of ketones is 1. The van der Waals surface area contributed by atoms with E-state index in [1.165, 1.54) is 57.2 Å². The van der Waals surface area contributed by atoms with Gasteiger partial charge in [-0.15, -0.1) is 0 Å². The van der Waals surface area contributed by atoms with Crippen molar-refractivity contribution in [1.29, 1.82) is 0 Å². The van der Waals surface area contributed by atoms with Gasteiger partial charge in [-0.3, -0.25) is 4.79 Å². The van der Waals surface area contributed by atoms with Crippen LogP contribution in [-0.2, 0) is 44.5 Å². The number of hydrogen-bond acceptors (Lipinski definition) is 8. The molecule has 47 heavy (non-hydrogen) atoms. The molecule has 0 unspecified atom stereocenters. The second kappa shape index (κ2) is 13.6. The van der Waals surface area contributed by atoms with Crippen molar-refractivity contribution >= 4 is 17.7 Å². The third kappa shape index (κ3) is 6.85. The van der Waals surface area contributed by atoms with E-state index in [9.17, 15) is 45.8 Å². The summed E-state index contributed by atoms with van der Waals surface area (Å²) in [5, 5.41) is 11.8. The first kappa shape index (κ1) is 37.4. The van der Waals surface area contributed by atoms with Crippen LogP contribution in [0.2, 0.25) is 0 Å². The number of aliphatic hydroxyl groups is 1. The van der Waals surface area contributed by atoms with E-state index in [2.05, 4.69) is 0 Å². The molecule has 0 spiro atoms. The van der Waals surface area contributed by atoms with E-state index in [1.807, 2.05) is 0 Å². The summed E-state index contributed by atoms with van der Waals surface area (Å²) in [5.41, 5.74) is -12.1. The van der Waals surface area contributed by atoms with Gasteiger partial charge in [-0.2, -0.15) is 26.3 Å². The van der Waals surface area contributed by atoms with Gasteiger partial charge in [0.2, 0.25) is 0 Å². The van der Waals surface area contributed by atoms with Gasteiger partial charge in [0.15, 0.2) is 5.78 Å². The summed E-state index contributed by atoms with van der Waals surface area (Å²) in [4.78, 5) is 38.7. The summed E-state index contributed by atoms with van der Waals surface area (Å²) in [7, 11) is 1.37. The smallest absolute Gasteiger partial charge is 0.432 e. The lowest BCUT2D eigenvalue weighted by Gasteiger charge is -2.45. The van der Waals surface area contributed by atoms with E-state index >= 15 is 0 Å². The maximum atomic E-state index is 14.3. The van der Waals surface area contributed by atoms with Gasteiger partial charge in [0, 0.05) is 42.8 Å². The van der Waals surface area contributed by atoms with E-state index in [4.69, 9.17) is 18.9 Å². The molecule has 0 fully saturated rings. The van der Waals surface area contributed by atoms with Gasteiger partial charge < -0.3 is 24.1 Å². The molecule has 1 aliphatic carbocycles. The summed E-state index contributed by atoms with van der Waals surface area (Å²) in [6.45, 7) is 3.07. The minimum absolute atomic E-state index is 0.275. The molecule has 2 aromatic rings. The number of benzene rings is 2. The Morgan fingerprint density at radius 2 is 1.30 bits per heavy atom. The number of carbonyl (C=O) groups excluding carboxylic acids is 3. The monoisotopic (exact) mass is 672 g/mol. The van der Waals surface area contributed by atoms with Gasteiger partial charge in [0.25, 0.3) is 11.2 Å². The van der Waals surface area contributed by atoms with Crippen molar-refractivity contribution in [3.63, 3.8) is 0 Å². The maximum absolute atomic E-state index is 14.3. The van der Waals surface area contributed by atoms with Gasteiger partial charge in [-0.25, -0.2) is 9.59 Å². The van der Waals surface area contributed by atoms with Gasteiger partial charge >= 0.3 is 24.3 Å².